The van der Waals surface area contributed by atoms with E-state index in [1.54, 1.807) is 6.20 Å². The van der Waals surface area contributed by atoms with Gasteiger partial charge in [-0.15, -0.1) is 0 Å². The molecule has 0 spiro atoms. The van der Waals surface area contributed by atoms with Gasteiger partial charge in [0.05, 0.1) is 11.3 Å². The highest BCUT2D eigenvalue weighted by Gasteiger charge is 2.05. The second-order valence-electron chi connectivity index (χ2n) is 2.48. The normalized spacial score (nSPS) is 12.6. The zero-order chi connectivity index (χ0) is 7.68. The average molecular weight is 142 g/mol. The van der Waals surface area contributed by atoms with E-state index in [0.717, 1.165) is 17.7 Å². The maximum absolute atomic E-state index is 8.55. The molecule has 0 aliphatic heterocycles. The Morgan fingerprint density at radius 2 is 2.45 bits per heavy atom. The Bertz CT molecular complexity index is 358. The van der Waals surface area contributed by atoms with Crippen LogP contribution in [0.2, 0.25) is 0 Å². The maximum atomic E-state index is 8.55. The van der Waals surface area contributed by atoms with Crippen LogP contribution in [0, 0.1) is 11.3 Å². The molecule has 2 nitrogen and oxygen atoms in total. The summed E-state index contributed by atoms with van der Waals surface area (Å²) >= 11 is 0. The van der Waals surface area contributed by atoms with Gasteiger partial charge in [-0.3, -0.25) is 4.98 Å². The van der Waals surface area contributed by atoms with Gasteiger partial charge >= 0.3 is 0 Å². The van der Waals surface area contributed by atoms with Crippen LogP contribution in [-0.2, 0) is 6.42 Å². The molecule has 1 aliphatic carbocycles. The van der Waals surface area contributed by atoms with Crippen molar-refractivity contribution in [1.82, 2.24) is 4.98 Å². The number of allylic oxidation sites excluding steroid dienone is 1. The lowest BCUT2D eigenvalue weighted by Gasteiger charge is -1.95. The maximum Gasteiger partial charge on any atom is 0.101 e. The fourth-order valence-electron chi connectivity index (χ4n) is 1.18. The first-order valence-electron chi connectivity index (χ1n) is 3.46. The van der Waals surface area contributed by atoms with Crippen molar-refractivity contribution in [2.75, 3.05) is 0 Å². The molecule has 0 bridgehead atoms. The summed E-state index contributed by atoms with van der Waals surface area (Å²) in [5.74, 6) is 0. The van der Waals surface area contributed by atoms with Gasteiger partial charge in [-0.1, -0.05) is 12.2 Å². The number of hydrogen-bond donors (Lipinski definition) is 0. The Hall–Kier alpha value is -1.62. The summed E-state index contributed by atoms with van der Waals surface area (Å²) in [6, 6.07) is 3.93. The van der Waals surface area contributed by atoms with Gasteiger partial charge in [-0.25, -0.2) is 0 Å². The fourth-order valence-corrected chi connectivity index (χ4v) is 1.18. The predicted octanol–water partition coefficient (Wildman–Crippen LogP) is 1.52. The van der Waals surface area contributed by atoms with Crippen LogP contribution in [0.1, 0.15) is 16.8 Å². The van der Waals surface area contributed by atoms with E-state index >= 15 is 0 Å². The van der Waals surface area contributed by atoms with Crippen molar-refractivity contribution in [2.45, 2.75) is 6.42 Å². The number of fused-ring (bicyclic) bond motifs is 1. The average Bonchev–Trinajstić information content (AvgIpc) is 2.50. The highest BCUT2D eigenvalue weighted by Crippen LogP contribution is 2.17. The third-order valence-electron chi connectivity index (χ3n) is 1.74. The van der Waals surface area contributed by atoms with E-state index < -0.39 is 0 Å². The molecule has 11 heavy (non-hydrogen) atoms. The first-order chi connectivity index (χ1) is 5.40. The van der Waals surface area contributed by atoms with Gasteiger partial charge in [0.2, 0.25) is 0 Å². The van der Waals surface area contributed by atoms with Crippen LogP contribution in [0.5, 0.6) is 0 Å². The lowest BCUT2D eigenvalue weighted by Crippen LogP contribution is -1.88. The Labute approximate surface area is 64.8 Å². The highest BCUT2D eigenvalue weighted by molar-refractivity contribution is 5.59. The first kappa shape index (κ1) is 6.11. The van der Waals surface area contributed by atoms with E-state index in [1.165, 1.54) is 0 Å². The molecule has 1 aromatic rings. The van der Waals surface area contributed by atoms with Crippen LogP contribution in [0.3, 0.4) is 0 Å². The largest absolute Gasteiger partial charge is 0.259 e. The number of rotatable bonds is 0. The smallest absolute Gasteiger partial charge is 0.101 e. The minimum absolute atomic E-state index is 0.635. The summed E-state index contributed by atoms with van der Waals surface area (Å²) in [6.07, 6.45) is 6.58. The van der Waals surface area contributed by atoms with Crippen LogP contribution >= 0.6 is 0 Å². The molecule has 52 valence electrons. The molecule has 2 rings (SSSR count). The Morgan fingerprint density at radius 1 is 1.55 bits per heavy atom. The van der Waals surface area contributed by atoms with Crippen molar-refractivity contribution in [2.24, 2.45) is 0 Å². The second-order valence-corrected chi connectivity index (χ2v) is 2.48. The van der Waals surface area contributed by atoms with E-state index in [2.05, 4.69) is 17.1 Å². The van der Waals surface area contributed by atoms with Gasteiger partial charge in [-0.05, 0) is 11.6 Å². The predicted molar refractivity (Wildman–Crippen MR) is 41.7 cm³/mol. The van der Waals surface area contributed by atoms with Gasteiger partial charge in [0.1, 0.15) is 6.07 Å². The standard InChI is InChI=1S/C9H6N2/c10-5-7-4-8-2-1-3-9(8)11-6-7/h1-2,4,6H,3H2. The molecule has 1 aromatic heterocycles. The molecule has 1 heterocycles. The first-order valence-corrected chi connectivity index (χ1v) is 3.46. The molecule has 0 N–H and O–H groups in total. The van der Waals surface area contributed by atoms with E-state index in [0.29, 0.717) is 5.56 Å². The topological polar surface area (TPSA) is 36.7 Å². The minimum atomic E-state index is 0.635. The molecule has 2 heteroatoms. The van der Waals surface area contributed by atoms with Crippen LogP contribution < -0.4 is 0 Å². The van der Waals surface area contributed by atoms with E-state index in [4.69, 9.17) is 5.26 Å². The van der Waals surface area contributed by atoms with Gasteiger partial charge in [-0.2, -0.15) is 5.26 Å². The van der Waals surface area contributed by atoms with Crippen LogP contribution in [0.25, 0.3) is 6.08 Å². The molecule has 0 aromatic carbocycles. The van der Waals surface area contributed by atoms with Gasteiger partial charge in [0.15, 0.2) is 0 Å². The third kappa shape index (κ3) is 0.908. The van der Waals surface area contributed by atoms with Crippen LogP contribution in [-0.4, -0.2) is 4.98 Å². The number of aromatic nitrogens is 1. The van der Waals surface area contributed by atoms with Crippen LogP contribution in [0.15, 0.2) is 18.3 Å². The molecular formula is C9H6N2. The molecule has 0 atom stereocenters. The summed E-state index contributed by atoms with van der Waals surface area (Å²) in [6.45, 7) is 0. The molecule has 0 fully saturated rings. The van der Waals surface area contributed by atoms with E-state index in [-0.39, 0.29) is 0 Å². The summed E-state index contributed by atoms with van der Waals surface area (Å²) < 4.78 is 0. The number of nitrogens with zero attached hydrogens (tertiary/aromatic N) is 2. The van der Waals surface area contributed by atoms with E-state index in [9.17, 15) is 0 Å². The Morgan fingerprint density at radius 3 is 3.27 bits per heavy atom. The van der Waals surface area contributed by atoms with E-state index in [1.807, 2.05) is 12.1 Å². The van der Waals surface area contributed by atoms with Crippen molar-refractivity contribution < 1.29 is 0 Å². The number of nitriles is 1. The monoisotopic (exact) mass is 142 g/mol. The fraction of sp³-hybridized carbons (Fsp3) is 0.111. The number of hydrogen-bond acceptors (Lipinski definition) is 2. The molecule has 0 radical (unpaired) electrons. The molecule has 0 saturated carbocycles. The van der Waals surface area contributed by atoms with Crippen molar-refractivity contribution in [3.8, 4) is 6.07 Å². The highest BCUT2D eigenvalue weighted by atomic mass is 14.7. The molecule has 0 saturated heterocycles. The summed E-state index contributed by atoms with van der Waals surface area (Å²) in [5.41, 5.74) is 2.79. The van der Waals surface area contributed by atoms with Crippen molar-refractivity contribution in [1.29, 1.82) is 5.26 Å². The third-order valence-corrected chi connectivity index (χ3v) is 1.74. The SMILES string of the molecule is N#Cc1cnc2c(c1)C=CC2. The molecule has 0 amide bonds. The lowest BCUT2D eigenvalue weighted by atomic mass is 10.2. The molecule has 1 aliphatic rings. The quantitative estimate of drug-likeness (QED) is 0.550. The van der Waals surface area contributed by atoms with Crippen molar-refractivity contribution in [3.05, 3.63) is 35.2 Å². The summed E-state index contributed by atoms with van der Waals surface area (Å²) in [7, 11) is 0. The minimum Gasteiger partial charge on any atom is -0.259 e. The second kappa shape index (κ2) is 2.21. The van der Waals surface area contributed by atoms with Crippen LogP contribution in [0.4, 0.5) is 0 Å². The zero-order valence-corrected chi connectivity index (χ0v) is 5.91. The Balaban J connectivity index is 2.58. The van der Waals surface area contributed by atoms with Gasteiger partial charge in [0.25, 0.3) is 0 Å². The zero-order valence-electron chi connectivity index (χ0n) is 5.91. The number of pyridine rings is 1. The van der Waals surface area contributed by atoms with Gasteiger partial charge < -0.3 is 0 Å². The summed E-state index contributed by atoms with van der Waals surface area (Å²) in [4.78, 5) is 4.15. The van der Waals surface area contributed by atoms with Crippen molar-refractivity contribution in [3.63, 3.8) is 0 Å². The Kier molecular flexibility index (Phi) is 1.23. The molecular weight excluding hydrogens is 136 g/mol. The lowest BCUT2D eigenvalue weighted by molar-refractivity contribution is 1.12. The van der Waals surface area contributed by atoms with Crippen molar-refractivity contribution >= 4 is 6.08 Å². The summed E-state index contributed by atoms with van der Waals surface area (Å²) in [5, 5.41) is 8.55. The van der Waals surface area contributed by atoms with Gasteiger partial charge in [0, 0.05) is 12.6 Å². The molecule has 0 unspecified atom stereocenters.